The first-order valence-electron chi connectivity index (χ1n) is 5.72. The van der Waals surface area contributed by atoms with Crippen LogP contribution >= 0.6 is 11.8 Å². The van der Waals surface area contributed by atoms with Crippen LogP contribution in [0.1, 0.15) is 0 Å². The highest BCUT2D eigenvalue weighted by Crippen LogP contribution is 2.25. The largest absolute Gasteiger partial charge is 0.255 e. The zero-order valence-corrected chi connectivity index (χ0v) is 10.5. The minimum atomic E-state index is 0.855. The first-order valence-corrected chi connectivity index (χ1v) is 6.71. The summed E-state index contributed by atoms with van der Waals surface area (Å²) in [5.41, 5.74) is 1.07. The van der Waals surface area contributed by atoms with Gasteiger partial charge in [-0.3, -0.25) is 9.67 Å². The number of pyridine rings is 1. The molecule has 18 heavy (non-hydrogen) atoms. The summed E-state index contributed by atoms with van der Waals surface area (Å²) >= 11 is 1.80. The number of hydrogen-bond acceptors (Lipinski definition) is 4. The van der Waals surface area contributed by atoms with Crippen molar-refractivity contribution in [2.24, 2.45) is 0 Å². The van der Waals surface area contributed by atoms with Crippen LogP contribution in [0.15, 0.2) is 54.1 Å². The number of nitrogens with zero attached hydrogens (tertiary/aromatic N) is 4. The number of rotatable bonds is 4. The van der Waals surface area contributed by atoms with Crippen LogP contribution in [0.3, 0.4) is 0 Å². The van der Waals surface area contributed by atoms with E-state index in [-0.39, 0.29) is 0 Å². The van der Waals surface area contributed by atoms with E-state index in [1.165, 1.54) is 10.3 Å². The van der Waals surface area contributed by atoms with Crippen LogP contribution < -0.4 is 0 Å². The molecule has 0 aliphatic heterocycles. The lowest BCUT2D eigenvalue weighted by Gasteiger charge is -2.05. The topological polar surface area (TPSA) is 43.6 Å². The van der Waals surface area contributed by atoms with Crippen LogP contribution in [0.5, 0.6) is 0 Å². The van der Waals surface area contributed by atoms with E-state index in [4.69, 9.17) is 0 Å². The lowest BCUT2D eigenvalue weighted by Crippen LogP contribution is -2.00. The molecule has 0 spiro atoms. The summed E-state index contributed by atoms with van der Waals surface area (Å²) < 4.78 is 1.84. The van der Waals surface area contributed by atoms with Gasteiger partial charge in [0.1, 0.15) is 12.7 Å². The molecule has 0 unspecified atom stereocenters. The lowest BCUT2D eigenvalue weighted by molar-refractivity contribution is 0.664. The molecule has 0 bridgehead atoms. The van der Waals surface area contributed by atoms with E-state index < -0.39 is 0 Å². The Morgan fingerprint density at radius 1 is 1.17 bits per heavy atom. The SMILES string of the molecule is c1cnc2c(SCCn3cncn3)cccc2c1. The summed E-state index contributed by atoms with van der Waals surface area (Å²) in [6, 6.07) is 10.3. The van der Waals surface area contributed by atoms with E-state index in [0.29, 0.717) is 0 Å². The molecule has 0 saturated heterocycles. The average molecular weight is 256 g/mol. The van der Waals surface area contributed by atoms with Gasteiger partial charge in [0, 0.05) is 22.2 Å². The Kier molecular flexibility index (Phi) is 3.23. The molecule has 2 aromatic heterocycles. The van der Waals surface area contributed by atoms with Gasteiger partial charge in [-0.1, -0.05) is 18.2 Å². The van der Waals surface area contributed by atoms with Crippen molar-refractivity contribution in [3.05, 3.63) is 49.2 Å². The summed E-state index contributed by atoms with van der Waals surface area (Å²) in [4.78, 5) is 9.59. The molecule has 5 heteroatoms. The molecular weight excluding hydrogens is 244 g/mol. The van der Waals surface area contributed by atoms with Gasteiger partial charge in [0.05, 0.1) is 12.1 Å². The van der Waals surface area contributed by atoms with Gasteiger partial charge in [0.25, 0.3) is 0 Å². The van der Waals surface area contributed by atoms with Crippen molar-refractivity contribution in [1.82, 2.24) is 19.7 Å². The van der Waals surface area contributed by atoms with E-state index in [1.807, 2.05) is 16.9 Å². The van der Waals surface area contributed by atoms with Crippen molar-refractivity contribution in [3.63, 3.8) is 0 Å². The van der Waals surface area contributed by atoms with Crippen LogP contribution in [0.2, 0.25) is 0 Å². The van der Waals surface area contributed by atoms with Gasteiger partial charge >= 0.3 is 0 Å². The van der Waals surface area contributed by atoms with Gasteiger partial charge in [0.15, 0.2) is 0 Å². The van der Waals surface area contributed by atoms with E-state index >= 15 is 0 Å². The molecule has 0 atom stereocenters. The molecule has 3 rings (SSSR count). The van der Waals surface area contributed by atoms with E-state index in [0.717, 1.165) is 17.8 Å². The molecule has 1 aromatic carbocycles. The zero-order valence-electron chi connectivity index (χ0n) is 9.73. The summed E-state index contributed by atoms with van der Waals surface area (Å²) in [7, 11) is 0. The number of hydrogen-bond donors (Lipinski definition) is 0. The Balaban J connectivity index is 1.74. The summed E-state index contributed by atoms with van der Waals surface area (Å²) in [5, 5.41) is 5.27. The smallest absolute Gasteiger partial charge is 0.137 e. The van der Waals surface area contributed by atoms with Crippen molar-refractivity contribution in [3.8, 4) is 0 Å². The van der Waals surface area contributed by atoms with Gasteiger partial charge in [-0.25, -0.2) is 4.98 Å². The monoisotopic (exact) mass is 256 g/mol. The Morgan fingerprint density at radius 3 is 3.00 bits per heavy atom. The highest BCUT2D eigenvalue weighted by Gasteiger charge is 2.02. The average Bonchev–Trinajstić information content (AvgIpc) is 2.92. The van der Waals surface area contributed by atoms with Gasteiger partial charge < -0.3 is 0 Å². The second-order valence-electron chi connectivity index (χ2n) is 3.84. The van der Waals surface area contributed by atoms with E-state index in [2.05, 4.69) is 39.3 Å². The summed E-state index contributed by atoms with van der Waals surface area (Å²) in [5.74, 6) is 0.957. The van der Waals surface area contributed by atoms with Crippen molar-refractivity contribution >= 4 is 22.7 Å². The fraction of sp³-hybridized carbons (Fsp3) is 0.154. The normalized spacial score (nSPS) is 10.9. The number of benzene rings is 1. The highest BCUT2D eigenvalue weighted by atomic mass is 32.2. The molecule has 90 valence electrons. The van der Waals surface area contributed by atoms with Crippen LogP contribution in [0, 0.1) is 0 Å². The molecule has 0 amide bonds. The molecule has 0 aliphatic carbocycles. The predicted octanol–water partition coefficient (Wildman–Crippen LogP) is 2.62. The number of aromatic nitrogens is 4. The van der Waals surface area contributed by atoms with Crippen molar-refractivity contribution in [2.75, 3.05) is 5.75 Å². The van der Waals surface area contributed by atoms with Crippen molar-refractivity contribution in [1.29, 1.82) is 0 Å². The van der Waals surface area contributed by atoms with Gasteiger partial charge in [-0.15, -0.1) is 11.8 Å². The number of aryl methyl sites for hydroxylation is 1. The Labute approximate surface area is 109 Å². The second-order valence-corrected chi connectivity index (χ2v) is 4.98. The van der Waals surface area contributed by atoms with Crippen LogP contribution in [-0.4, -0.2) is 25.5 Å². The maximum absolute atomic E-state index is 4.44. The van der Waals surface area contributed by atoms with Crippen LogP contribution in [0.4, 0.5) is 0 Å². The standard InChI is InChI=1S/C13H12N4S/c1-3-11-4-2-6-15-13(11)12(5-1)18-8-7-17-10-14-9-16-17/h1-6,9-10H,7-8H2. The van der Waals surface area contributed by atoms with Gasteiger partial charge in [0.2, 0.25) is 0 Å². The zero-order chi connectivity index (χ0) is 12.2. The third-order valence-corrected chi connectivity index (χ3v) is 3.67. The molecule has 0 fully saturated rings. The first-order chi connectivity index (χ1) is 8.93. The number of para-hydroxylation sites is 1. The van der Waals surface area contributed by atoms with E-state index in [1.54, 1.807) is 24.4 Å². The number of thioether (sulfide) groups is 1. The van der Waals surface area contributed by atoms with Crippen molar-refractivity contribution < 1.29 is 0 Å². The molecule has 4 nitrogen and oxygen atoms in total. The third kappa shape index (κ3) is 2.36. The van der Waals surface area contributed by atoms with E-state index in [9.17, 15) is 0 Å². The van der Waals surface area contributed by atoms with Crippen molar-refractivity contribution in [2.45, 2.75) is 11.4 Å². The third-order valence-electron chi connectivity index (χ3n) is 2.64. The quantitative estimate of drug-likeness (QED) is 0.673. The van der Waals surface area contributed by atoms with Crippen LogP contribution in [-0.2, 0) is 6.54 Å². The minimum absolute atomic E-state index is 0.855. The Morgan fingerprint density at radius 2 is 2.11 bits per heavy atom. The predicted molar refractivity (Wildman–Crippen MR) is 72.5 cm³/mol. The maximum Gasteiger partial charge on any atom is 0.137 e. The molecule has 0 N–H and O–H groups in total. The molecule has 2 heterocycles. The minimum Gasteiger partial charge on any atom is -0.255 e. The maximum atomic E-state index is 4.44. The summed E-state index contributed by atoms with van der Waals surface area (Å²) in [6.45, 7) is 0.855. The van der Waals surface area contributed by atoms with Gasteiger partial charge in [-0.2, -0.15) is 5.10 Å². The molecule has 0 aliphatic rings. The van der Waals surface area contributed by atoms with Crippen LogP contribution in [0.25, 0.3) is 10.9 Å². The molecule has 0 saturated carbocycles. The second kappa shape index (κ2) is 5.18. The lowest BCUT2D eigenvalue weighted by atomic mass is 10.2. The highest BCUT2D eigenvalue weighted by molar-refractivity contribution is 7.99. The molecular formula is C13H12N4S. The molecule has 0 radical (unpaired) electrons. The number of fused-ring (bicyclic) bond motifs is 1. The fourth-order valence-electron chi connectivity index (χ4n) is 1.79. The van der Waals surface area contributed by atoms with Gasteiger partial charge in [-0.05, 0) is 12.1 Å². The summed E-state index contributed by atoms with van der Waals surface area (Å²) in [6.07, 6.45) is 5.13. The fourth-order valence-corrected chi connectivity index (χ4v) is 2.77. The first kappa shape index (κ1) is 11.2. The molecule has 3 aromatic rings. The Bertz CT molecular complexity index is 631. The Hall–Kier alpha value is -1.88.